The van der Waals surface area contributed by atoms with Crippen molar-refractivity contribution in [3.8, 4) is 0 Å². The van der Waals surface area contributed by atoms with Gasteiger partial charge in [-0.1, -0.05) is 57.2 Å². The van der Waals surface area contributed by atoms with Crippen LogP contribution in [-0.4, -0.2) is 6.10 Å². The van der Waals surface area contributed by atoms with E-state index in [4.69, 9.17) is 4.74 Å². The standard InChI is InChI=1S/C14H20O/c1-5-13(14(2,3)4)15-11-12-9-7-6-8-10-12/h5-10,13H,1,11H2,2-4H3/t13-/m1/s1. The molecular weight excluding hydrogens is 184 g/mol. The first-order chi connectivity index (χ1) is 7.04. The molecule has 0 fully saturated rings. The number of ether oxygens (including phenoxy) is 1. The van der Waals surface area contributed by atoms with Crippen LogP contribution >= 0.6 is 0 Å². The fraction of sp³-hybridized carbons (Fsp3) is 0.429. The van der Waals surface area contributed by atoms with Crippen LogP contribution in [-0.2, 0) is 11.3 Å². The largest absolute Gasteiger partial charge is 0.369 e. The van der Waals surface area contributed by atoms with Gasteiger partial charge in [0, 0.05) is 0 Å². The van der Waals surface area contributed by atoms with E-state index in [1.807, 2.05) is 24.3 Å². The third-order valence-electron chi connectivity index (χ3n) is 2.34. The smallest absolute Gasteiger partial charge is 0.0806 e. The maximum absolute atomic E-state index is 5.82. The van der Waals surface area contributed by atoms with Gasteiger partial charge in [0.15, 0.2) is 0 Å². The lowest BCUT2D eigenvalue weighted by atomic mass is 9.89. The van der Waals surface area contributed by atoms with Crippen molar-refractivity contribution in [1.82, 2.24) is 0 Å². The molecule has 0 amide bonds. The molecule has 1 nitrogen and oxygen atoms in total. The van der Waals surface area contributed by atoms with Crippen LogP contribution in [0.3, 0.4) is 0 Å². The number of hydrogen-bond acceptors (Lipinski definition) is 1. The minimum Gasteiger partial charge on any atom is -0.369 e. The van der Waals surface area contributed by atoms with Crippen LogP contribution in [0, 0.1) is 5.41 Å². The highest BCUT2D eigenvalue weighted by molar-refractivity contribution is 5.13. The van der Waals surface area contributed by atoms with Crippen molar-refractivity contribution in [1.29, 1.82) is 0 Å². The molecule has 0 saturated carbocycles. The third-order valence-corrected chi connectivity index (χ3v) is 2.34. The average molecular weight is 204 g/mol. The lowest BCUT2D eigenvalue weighted by Crippen LogP contribution is -2.26. The summed E-state index contributed by atoms with van der Waals surface area (Å²) in [5.41, 5.74) is 1.31. The van der Waals surface area contributed by atoms with Gasteiger partial charge in [0.1, 0.15) is 0 Å². The van der Waals surface area contributed by atoms with E-state index < -0.39 is 0 Å². The molecule has 0 aliphatic carbocycles. The normalized spacial score (nSPS) is 13.5. The first-order valence-electron chi connectivity index (χ1n) is 5.32. The second-order valence-electron chi connectivity index (χ2n) is 4.82. The Balaban J connectivity index is 2.52. The first-order valence-corrected chi connectivity index (χ1v) is 5.32. The van der Waals surface area contributed by atoms with Crippen molar-refractivity contribution < 1.29 is 4.74 Å². The van der Waals surface area contributed by atoms with Crippen LogP contribution in [0.2, 0.25) is 0 Å². The fourth-order valence-electron chi connectivity index (χ4n) is 1.43. The molecule has 0 aliphatic rings. The molecule has 0 aliphatic heterocycles. The van der Waals surface area contributed by atoms with Crippen molar-refractivity contribution in [3.63, 3.8) is 0 Å². The molecule has 1 aromatic carbocycles. The van der Waals surface area contributed by atoms with Crippen molar-refractivity contribution in [3.05, 3.63) is 48.6 Å². The van der Waals surface area contributed by atoms with E-state index >= 15 is 0 Å². The Labute approximate surface area is 92.8 Å². The van der Waals surface area contributed by atoms with Crippen LogP contribution in [0.15, 0.2) is 43.0 Å². The molecule has 0 saturated heterocycles. The minimum atomic E-state index is 0.0951. The van der Waals surface area contributed by atoms with E-state index in [0.717, 1.165) is 0 Å². The maximum atomic E-state index is 5.82. The summed E-state index contributed by atoms with van der Waals surface area (Å²) in [7, 11) is 0. The lowest BCUT2D eigenvalue weighted by molar-refractivity contribution is 0.00439. The van der Waals surface area contributed by atoms with Gasteiger partial charge in [-0.05, 0) is 11.0 Å². The Morgan fingerprint density at radius 1 is 1.27 bits per heavy atom. The average Bonchev–Trinajstić information content (AvgIpc) is 2.18. The summed E-state index contributed by atoms with van der Waals surface area (Å²) in [6.07, 6.45) is 1.97. The van der Waals surface area contributed by atoms with Gasteiger partial charge in [0.2, 0.25) is 0 Å². The molecule has 1 heteroatoms. The molecule has 82 valence electrons. The molecule has 0 spiro atoms. The zero-order chi connectivity index (χ0) is 11.3. The van der Waals surface area contributed by atoms with Gasteiger partial charge in [-0.15, -0.1) is 6.58 Å². The van der Waals surface area contributed by atoms with Gasteiger partial charge < -0.3 is 4.74 Å². The molecule has 15 heavy (non-hydrogen) atoms. The Morgan fingerprint density at radius 2 is 1.87 bits per heavy atom. The predicted octanol–water partition coefficient (Wildman–Crippen LogP) is 3.80. The Bertz CT molecular complexity index is 295. The Morgan fingerprint density at radius 3 is 2.33 bits per heavy atom. The Hall–Kier alpha value is -1.08. The van der Waals surface area contributed by atoms with Crippen molar-refractivity contribution in [2.75, 3.05) is 0 Å². The highest BCUT2D eigenvalue weighted by Crippen LogP contribution is 2.23. The molecule has 0 unspecified atom stereocenters. The van der Waals surface area contributed by atoms with Gasteiger partial charge in [-0.2, -0.15) is 0 Å². The first kappa shape index (κ1) is 12.0. The SMILES string of the molecule is C=C[C@@H](OCc1ccccc1)C(C)(C)C. The topological polar surface area (TPSA) is 9.23 Å². The summed E-state index contributed by atoms with van der Waals surface area (Å²) < 4.78 is 5.82. The van der Waals surface area contributed by atoms with Crippen LogP contribution in [0.5, 0.6) is 0 Å². The number of rotatable bonds is 4. The number of benzene rings is 1. The molecule has 1 aromatic rings. The summed E-state index contributed by atoms with van der Waals surface area (Å²) in [5, 5.41) is 0. The minimum absolute atomic E-state index is 0.0951. The molecule has 0 radical (unpaired) electrons. The van der Waals surface area contributed by atoms with Gasteiger partial charge in [-0.25, -0.2) is 0 Å². The van der Waals surface area contributed by atoms with Gasteiger partial charge in [0.25, 0.3) is 0 Å². The predicted molar refractivity (Wildman–Crippen MR) is 64.7 cm³/mol. The zero-order valence-electron chi connectivity index (χ0n) is 9.86. The molecule has 1 atom stereocenters. The van der Waals surface area contributed by atoms with Crippen molar-refractivity contribution in [2.24, 2.45) is 5.41 Å². The van der Waals surface area contributed by atoms with Crippen LogP contribution in [0.4, 0.5) is 0 Å². The zero-order valence-corrected chi connectivity index (χ0v) is 9.86. The molecule has 0 heterocycles. The van der Waals surface area contributed by atoms with E-state index in [9.17, 15) is 0 Å². The molecular formula is C14H20O. The highest BCUT2D eigenvalue weighted by atomic mass is 16.5. The van der Waals surface area contributed by atoms with Crippen LogP contribution in [0.1, 0.15) is 26.3 Å². The van der Waals surface area contributed by atoms with Gasteiger partial charge in [0.05, 0.1) is 12.7 Å². The van der Waals surface area contributed by atoms with Crippen LogP contribution < -0.4 is 0 Å². The lowest BCUT2D eigenvalue weighted by Gasteiger charge is -2.27. The second-order valence-corrected chi connectivity index (χ2v) is 4.82. The van der Waals surface area contributed by atoms with Crippen molar-refractivity contribution >= 4 is 0 Å². The van der Waals surface area contributed by atoms with E-state index in [0.29, 0.717) is 6.61 Å². The monoisotopic (exact) mass is 204 g/mol. The maximum Gasteiger partial charge on any atom is 0.0806 e. The molecule has 0 aromatic heterocycles. The fourth-order valence-corrected chi connectivity index (χ4v) is 1.43. The molecule has 0 N–H and O–H groups in total. The van der Waals surface area contributed by atoms with E-state index in [1.54, 1.807) is 0 Å². The summed E-state index contributed by atoms with van der Waals surface area (Å²) in [4.78, 5) is 0. The summed E-state index contributed by atoms with van der Waals surface area (Å²) >= 11 is 0. The summed E-state index contributed by atoms with van der Waals surface area (Å²) in [5.74, 6) is 0. The molecule has 1 rings (SSSR count). The highest BCUT2D eigenvalue weighted by Gasteiger charge is 2.22. The van der Waals surface area contributed by atoms with Crippen molar-refractivity contribution in [2.45, 2.75) is 33.5 Å². The van der Waals surface area contributed by atoms with E-state index in [2.05, 4.69) is 39.5 Å². The van der Waals surface area contributed by atoms with E-state index in [1.165, 1.54) is 5.56 Å². The van der Waals surface area contributed by atoms with Gasteiger partial charge >= 0.3 is 0 Å². The summed E-state index contributed by atoms with van der Waals surface area (Å²) in [6, 6.07) is 10.2. The Kier molecular flexibility index (Phi) is 4.10. The van der Waals surface area contributed by atoms with E-state index in [-0.39, 0.29) is 11.5 Å². The van der Waals surface area contributed by atoms with Crippen LogP contribution in [0.25, 0.3) is 0 Å². The summed E-state index contributed by atoms with van der Waals surface area (Å²) in [6.45, 7) is 10.9. The second kappa shape index (κ2) is 5.13. The molecule has 0 bridgehead atoms. The third kappa shape index (κ3) is 3.88. The number of hydrogen-bond donors (Lipinski definition) is 0. The van der Waals surface area contributed by atoms with Gasteiger partial charge in [-0.3, -0.25) is 0 Å². The quantitative estimate of drug-likeness (QED) is 0.678.